The molecule has 0 bridgehead atoms. The average Bonchev–Trinajstić information content (AvgIpc) is 2.70. The first-order valence-electron chi connectivity index (χ1n) is 8.55. The number of benzene rings is 2. The lowest BCUT2D eigenvalue weighted by molar-refractivity contribution is -0.120. The summed E-state index contributed by atoms with van der Waals surface area (Å²) in [6, 6.07) is 14.3. The van der Waals surface area contributed by atoms with Crippen LogP contribution in [0.5, 0.6) is 11.5 Å². The number of nitrogens with zero attached hydrogens (tertiary/aromatic N) is 2. The van der Waals surface area contributed by atoms with Crippen LogP contribution in [0.25, 0.3) is 0 Å². The van der Waals surface area contributed by atoms with Gasteiger partial charge in [0.2, 0.25) is 5.91 Å². The number of aliphatic hydroxyl groups is 1. The predicted molar refractivity (Wildman–Crippen MR) is 103 cm³/mol. The van der Waals surface area contributed by atoms with Gasteiger partial charge in [-0.25, -0.2) is 0 Å². The van der Waals surface area contributed by atoms with Crippen LogP contribution in [0.15, 0.2) is 67.1 Å². The van der Waals surface area contributed by atoms with Gasteiger partial charge in [0.25, 0.3) is 0 Å². The van der Waals surface area contributed by atoms with Crippen molar-refractivity contribution in [2.24, 2.45) is 0 Å². The summed E-state index contributed by atoms with van der Waals surface area (Å²) >= 11 is 0. The molecule has 1 amide bonds. The molecule has 0 fully saturated rings. The Morgan fingerprint density at radius 1 is 1.04 bits per heavy atom. The molecule has 0 radical (unpaired) electrons. The van der Waals surface area contributed by atoms with Gasteiger partial charge in [0.05, 0.1) is 17.7 Å². The quantitative estimate of drug-likeness (QED) is 0.698. The molecule has 6 nitrogen and oxygen atoms in total. The smallest absolute Gasteiger partial charge is 0.236 e. The lowest BCUT2D eigenvalue weighted by atomic mass is 9.88. The van der Waals surface area contributed by atoms with E-state index in [1.165, 1.54) is 0 Å². The number of carbonyl (C=O) groups excluding carboxylic acids is 1. The molecule has 27 heavy (non-hydrogen) atoms. The fraction of sp³-hybridized carbons (Fsp3) is 0.190. The molecular weight excluding hydrogens is 342 g/mol. The summed E-state index contributed by atoms with van der Waals surface area (Å²) in [7, 11) is 0. The maximum absolute atomic E-state index is 12.6. The largest absolute Gasteiger partial charge is 0.457 e. The summed E-state index contributed by atoms with van der Waals surface area (Å²) in [6.07, 6.45) is 4.75. The molecule has 2 aromatic carbocycles. The number of amides is 1. The van der Waals surface area contributed by atoms with Gasteiger partial charge in [-0.2, -0.15) is 0 Å². The Morgan fingerprint density at radius 3 is 2.22 bits per heavy atom. The van der Waals surface area contributed by atoms with Crippen LogP contribution in [0.4, 0.5) is 5.69 Å². The first-order chi connectivity index (χ1) is 13.0. The van der Waals surface area contributed by atoms with Crippen LogP contribution in [0.3, 0.4) is 0 Å². The van der Waals surface area contributed by atoms with Crippen molar-refractivity contribution in [3.63, 3.8) is 0 Å². The molecule has 0 unspecified atom stereocenters. The molecule has 6 heteroatoms. The Morgan fingerprint density at radius 2 is 1.67 bits per heavy atom. The van der Waals surface area contributed by atoms with Gasteiger partial charge in [0, 0.05) is 24.3 Å². The van der Waals surface area contributed by atoms with E-state index < -0.39 is 5.41 Å². The number of carbonyl (C=O) groups is 1. The number of nitrogens with one attached hydrogen (secondary N) is 1. The third-order valence-corrected chi connectivity index (χ3v) is 4.22. The molecule has 0 spiro atoms. The molecule has 0 saturated heterocycles. The third kappa shape index (κ3) is 4.48. The lowest BCUT2D eigenvalue weighted by Crippen LogP contribution is -2.35. The molecule has 1 aromatic heterocycles. The average molecular weight is 363 g/mol. The zero-order chi connectivity index (χ0) is 19.3. The topological polar surface area (TPSA) is 84.3 Å². The van der Waals surface area contributed by atoms with Gasteiger partial charge in [-0.05, 0) is 55.8 Å². The van der Waals surface area contributed by atoms with Crippen LogP contribution in [0.2, 0.25) is 0 Å². The minimum absolute atomic E-state index is 0.000410. The van der Waals surface area contributed by atoms with Gasteiger partial charge in [-0.3, -0.25) is 14.8 Å². The van der Waals surface area contributed by atoms with Crippen molar-refractivity contribution in [3.05, 3.63) is 78.4 Å². The Balaban J connectivity index is 1.65. The summed E-state index contributed by atoms with van der Waals surface area (Å²) in [5.41, 5.74) is 1.29. The van der Waals surface area contributed by atoms with Crippen LogP contribution in [-0.2, 0) is 16.8 Å². The minimum Gasteiger partial charge on any atom is -0.457 e. The number of aromatic nitrogens is 2. The van der Waals surface area contributed by atoms with Gasteiger partial charge >= 0.3 is 0 Å². The third-order valence-electron chi connectivity index (χ3n) is 4.22. The summed E-state index contributed by atoms with van der Waals surface area (Å²) in [6.45, 7) is 3.61. The van der Waals surface area contributed by atoms with E-state index in [2.05, 4.69) is 15.3 Å². The fourth-order valence-electron chi connectivity index (χ4n) is 2.43. The van der Waals surface area contributed by atoms with Crippen molar-refractivity contribution < 1.29 is 14.6 Å². The van der Waals surface area contributed by atoms with E-state index >= 15 is 0 Å². The van der Waals surface area contributed by atoms with E-state index in [1.54, 1.807) is 81.0 Å². The SMILES string of the molecule is CC(C)(C(=O)Nc1ccc(Oc2ccc(CO)cc2)cc1)c1cnccn1. The van der Waals surface area contributed by atoms with Crippen LogP contribution in [0, 0.1) is 0 Å². The number of ether oxygens (including phenoxy) is 1. The van der Waals surface area contributed by atoms with Crippen LogP contribution >= 0.6 is 0 Å². The fourth-order valence-corrected chi connectivity index (χ4v) is 2.43. The van der Waals surface area contributed by atoms with Crippen molar-refractivity contribution in [2.75, 3.05) is 5.32 Å². The maximum atomic E-state index is 12.6. The van der Waals surface area contributed by atoms with Gasteiger partial charge in [0.1, 0.15) is 11.5 Å². The number of hydrogen-bond donors (Lipinski definition) is 2. The van der Waals surface area contributed by atoms with Crippen LogP contribution < -0.4 is 10.1 Å². The molecule has 138 valence electrons. The van der Waals surface area contributed by atoms with E-state index in [0.717, 1.165) is 5.56 Å². The predicted octanol–water partition coefficient (Wildman–Crippen LogP) is 3.68. The molecule has 2 N–H and O–H groups in total. The van der Waals surface area contributed by atoms with E-state index in [0.29, 0.717) is 22.9 Å². The Kier molecular flexibility index (Phi) is 5.47. The molecule has 3 rings (SSSR count). The minimum atomic E-state index is -0.808. The molecule has 0 saturated carbocycles. The summed E-state index contributed by atoms with van der Waals surface area (Å²) < 4.78 is 5.76. The van der Waals surface area contributed by atoms with Crippen LogP contribution in [-0.4, -0.2) is 21.0 Å². The van der Waals surface area contributed by atoms with Crippen molar-refractivity contribution in [1.29, 1.82) is 0 Å². The van der Waals surface area contributed by atoms with Gasteiger partial charge < -0.3 is 15.2 Å². The van der Waals surface area contributed by atoms with Crippen LogP contribution in [0.1, 0.15) is 25.1 Å². The van der Waals surface area contributed by atoms with Gasteiger partial charge in [-0.15, -0.1) is 0 Å². The highest BCUT2D eigenvalue weighted by Gasteiger charge is 2.31. The molecule has 0 aliphatic rings. The van der Waals surface area contributed by atoms with Gasteiger partial charge in [-0.1, -0.05) is 12.1 Å². The lowest BCUT2D eigenvalue weighted by Gasteiger charge is -2.22. The standard InChI is InChI=1S/C21H21N3O3/c1-21(2,19-13-22-11-12-23-19)20(26)24-16-5-9-18(10-6-16)27-17-7-3-15(14-25)4-8-17/h3-13,25H,14H2,1-2H3,(H,24,26). The highest BCUT2D eigenvalue weighted by Crippen LogP contribution is 2.26. The molecule has 0 atom stereocenters. The van der Waals surface area contributed by atoms with E-state index in [-0.39, 0.29) is 12.5 Å². The zero-order valence-electron chi connectivity index (χ0n) is 15.2. The Bertz CT molecular complexity index is 892. The molecule has 1 heterocycles. The van der Waals surface area contributed by atoms with E-state index in [1.807, 2.05) is 0 Å². The second-order valence-corrected chi connectivity index (χ2v) is 6.60. The van der Waals surface area contributed by atoms with Crippen molar-refractivity contribution >= 4 is 11.6 Å². The van der Waals surface area contributed by atoms with Crippen molar-refractivity contribution in [2.45, 2.75) is 25.9 Å². The number of rotatable bonds is 6. The normalized spacial score (nSPS) is 11.1. The van der Waals surface area contributed by atoms with Gasteiger partial charge in [0.15, 0.2) is 0 Å². The summed E-state index contributed by atoms with van der Waals surface area (Å²) in [5.74, 6) is 1.15. The zero-order valence-corrected chi connectivity index (χ0v) is 15.2. The monoisotopic (exact) mass is 363 g/mol. The van der Waals surface area contributed by atoms with E-state index in [9.17, 15) is 4.79 Å². The highest BCUT2D eigenvalue weighted by atomic mass is 16.5. The molecule has 0 aliphatic heterocycles. The highest BCUT2D eigenvalue weighted by molar-refractivity contribution is 5.98. The summed E-state index contributed by atoms with van der Waals surface area (Å²) in [4.78, 5) is 20.9. The molecule has 0 aliphatic carbocycles. The second kappa shape index (κ2) is 7.97. The number of aliphatic hydroxyl groups excluding tert-OH is 1. The Hall–Kier alpha value is -3.25. The maximum Gasteiger partial charge on any atom is 0.236 e. The van der Waals surface area contributed by atoms with Crippen molar-refractivity contribution in [1.82, 2.24) is 9.97 Å². The number of hydrogen-bond acceptors (Lipinski definition) is 5. The Labute approximate surface area is 157 Å². The molecular formula is C21H21N3O3. The first kappa shape index (κ1) is 18.5. The van der Waals surface area contributed by atoms with E-state index in [4.69, 9.17) is 9.84 Å². The second-order valence-electron chi connectivity index (χ2n) is 6.60. The molecule has 3 aromatic rings. The first-order valence-corrected chi connectivity index (χ1v) is 8.55. The summed E-state index contributed by atoms with van der Waals surface area (Å²) in [5, 5.41) is 12.0. The number of anilines is 1. The van der Waals surface area contributed by atoms with Crippen molar-refractivity contribution in [3.8, 4) is 11.5 Å².